The molecule has 1 unspecified atom stereocenters. The van der Waals surface area contributed by atoms with Gasteiger partial charge in [0.05, 0.1) is 17.4 Å². The summed E-state index contributed by atoms with van der Waals surface area (Å²) >= 11 is 0. The Morgan fingerprint density at radius 1 is 1.25 bits per heavy atom. The van der Waals surface area contributed by atoms with Crippen molar-refractivity contribution in [2.24, 2.45) is 5.92 Å². The van der Waals surface area contributed by atoms with Crippen molar-refractivity contribution in [2.45, 2.75) is 31.2 Å². The van der Waals surface area contributed by atoms with Crippen molar-refractivity contribution in [1.82, 2.24) is 20.5 Å². The quantitative estimate of drug-likeness (QED) is 0.711. The number of urea groups is 1. The molecule has 3 heterocycles. The Bertz CT molecular complexity index is 853. The van der Waals surface area contributed by atoms with Gasteiger partial charge < -0.3 is 15.1 Å². The van der Waals surface area contributed by atoms with Crippen LogP contribution >= 0.6 is 0 Å². The van der Waals surface area contributed by atoms with Gasteiger partial charge in [-0.1, -0.05) is 0 Å². The van der Waals surface area contributed by atoms with E-state index in [1.807, 2.05) is 0 Å². The molecular weight excluding hydrogens is 360 g/mol. The van der Waals surface area contributed by atoms with Crippen LogP contribution in [0.3, 0.4) is 0 Å². The van der Waals surface area contributed by atoms with Gasteiger partial charge in [0.15, 0.2) is 0 Å². The summed E-state index contributed by atoms with van der Waals surface area (Å²) < 4.78 is 0. The summed E-state index contributed by atoms with van der Waals surface area (Å²) in [5, 5.41) is 14.1. The summed E-state index contributed by atoms with van der Waals surface area (Å²) in [7, 11) is 0. The summed E-state index contributed by atoms with van der Waals surface area (Å²) in [5.74, 6) is -0.177. The highest BCUT2D eigenvalue weighted by molar-refractivity contribution is 6.07. The van der Waals surface area contributed by atoms with Crippen LogP contribution in [0.25, 0.3) is 0 Å². The molecule has 2 aliphatic heterocycles. The third kappa shape index (κ3) is 3.38. The Balaban J connectivity index is 1.32. The van der Waals surface area contributed by atoms with Crippen LogP contribution < -0.4 is 15.5 Å². The van der Waals surface area contributed by atoms with Gasteiger partial charge in [0.1, 0.15) is 11.6 Å². The molecule has 146 valence electrons. The van der Waals surface area contributed by atoms with Crippen molar-refractivity contribution in [3.05, 3.63) is 24.0 Å². The molecule has 1 aromatic heterocycles. The minimum atomic E-state index is -0.919. The van der Waals surface area contributed by atoms with E-state index in [0.29, 0.717) is 38.2 Å². The van der Waals surface area contributed by atoms with Gasteiger partial charge in [-0.25, -0.2) is 4.79 Å². The summed E-state index contributed by atoms with van der Waals surface area (Å²) in [4.78, 5) is 44.5. The number of piperazine rings is 1. The lowest BCUT2D eigenvalue weighted by Gasteiger charge is -2.36. The van der Waals surface area contributed by atoms with Gasteiger partial charge in [0.25, 0.3) is 5.91 Å². The Morgan fingerprint density at radius 3 is 2.61 bits per heavy atom. The highest BCUT2D eigenvalue weighted by atomic mass is 16.2. The fraction of sp³-hybridized carbons (Fsp3) is 0.526. The van der Waals surface area contributed by atoms with Gasteiger partial charge in [-0.05, 0) is 31.2 Å². The van der Waals surface area contributed by atoms with E-state index in [1.165, 1.54) is 6.20 Å². The van der Waals surface area contributed by atoms with Crippen LogP contribution in [-0.4, -0.2) is 59.4 Å². The number of pyridine rings is 1. The highest BCUT2D eigenvalue weighted by Gasteiger charge is 2.55. The van der Waals surface area contributed by atoms with Crippen LogP contribution in [0.5, 0.6) is 0 Å². The molecule has 0 bridgehead atoms. The first-order valence-corrected chi connectivity index (χ1v) is 9.53. The van der Waals surface area contributed by atoms with Crippen LogP contribution in [0.15, 0.2) is 18.5 Å². The van der Waals surface area contributed by atoms with Crippen molar-refractivity contribution in [2.75, 3.05) is 31.1 Å². The molecule has 28 heavy (non-hydrogen) atoms. The molecule has 2 saturated heterocycles. The third-order valence-electron chi connectivity index (χ3n) is 5.83. The second-order valence-electron chi connectivity index (χ2n) is 7.57. The van der Waals surface area contributed by atoms with E-state index in [2.05, 4.69) is 26.6 Å². The number of hydrogen-bond donors (Lipinski definition) is 2. The zero-order chi connectivity index (χ0) is 19.7. The van der Waals surface area contributed by atoms with Crippen molar-refractivity contribution in [1.29, 1.82) is 5.26 Å². The zero-order valence-corrected chi connectivity index (χ0v) is 15.5. The number of rotatable bonds is 5. The molecule has 1 aromatic rings. The molecule has 9 heteroatoms. The molecule has 1 aliphatic carbocycles. The molecule has 3 aliphatic rings. The second-order valence-corrected chi connectivity index (χ2v) is 7.57. The Morgan fingerprint density at radius 2 is 2.00 bits per heavy atom. The average molecular weight is 382 g/mol. The number of nitriles is 1. The normalized spacial score (nSPS) is 24.5. The van der Waals surface area contributed by atoms with E-state index in [0.717, 1.165) is 18.5 Å². The third-order valence-corrected chi connectivity index (χ3v) is 5.83. The predicted molar refractivity (Wildman–Crippen MR) is 99.1 cm³/mol. The summed E-state index contributed by atoms with van der Waals surface area (Å²) in [6.07, 6.45) is 5.61. The van der Waals surface area contributed by atoms with Crippen LogP contribution in [-0.2, 0) is 9.59 Å². The number of aromatic nitrogens is 1. The van der Waals surface area contributed by atoms with Gasteiger partial charge in [-0.15, -0.1) is 0 Å². The topological polar surface area (TPSA) is 118 Å². The van der Waals surface area contributed by atoms with E-state index in [9.17, 15) is 14.4 Å². The number of amides is 4. The molecule has 3 fully saturated rings. The van der Waals surface area contributed by atoms with Gasteiger partial charge >= 0.3 is 6.03 Å². The molecule has 2 N–H and O–H groups in total. The SMILES string of the molecule is N#Cc1cncc(N2CCN(C(=O)CCC3(C4CC4)NC(=O)NC3=O)CC2)c1. The zero-order valence-electron chi connectivity index (χ0n) is 15.5. The molecule has 0 radical (unpaired) electrons. The molecule has 9 nitrogen and oxygen atoms in total. The fourth-order valence-electron chi connectivity index (χ4n) is 4.09. The summed E-state index contributed by atoms with van der Waals surface area (Å²) in [6.45, 7) is 2.47. The van der Waals surface area contributed by atoms with E-state index in [1.54, 1.807) is 17.2 Å². The first-order valence-electron chi connectivity index (χ1n) is 9.53. The number of nitrogens with one attached hydrogen (secondary N) is 2. The van der Waals surface area contributed by atoms with E-state index in [4.69, 9.17) is 5.26 Å². The molecule has 0 spiro atoms. The van der Waals surface area contributed by atoms with Crippen LogP contribution in [0.2, 0.25) is 0 Å². The molecule has 1 saturated carbocycles. The number of nitrogens with zero attached hydrogens (tertiary/aromatic N) is 4. The van der Waals surface area contributed by atoms with E-state index in [-0.39, 0.29) is 24.2 Å². The Kier molecular flexibility index (Phi) is 4.63. The van der Waals surface area contributed by atoms with Gasteiger partial charge in [-0.3, -0.25) is 19.9 Å². The maximum absolute atomic E-state index is 12.7. The molecule has 1 atom stereocenters. The predicted octanol–water partition coefficient (Wildman–Crippen LogP) is 0.370. The maximum Gasteiger partial charge on any atom is 0.322 e. The Hall–Kier alpha value is -3.15. The number of carbonyl (C=O) groups is 3. The summed E-state index contributed by atoms with van der Waals surface area (Å²) in [5.41, 5.74) is 0.472. The number of hydrogen-bond acceptors (Lipinski definition) is 6. The van der Waals surface area contributed by atoms with Gasteiger partial charge in [0, 0.05) is 38.8 Å². The number of anilines is 1. The fourth-order valence-corrected chi connectivity index (χ4v) is 4.09. The first-order chi connectivity index (χ1) is 13.5. The van der Waals surface area contributed by atoms with E-state index >= 15 is 0 Å². The average Bonchev–Trinajstić information content (AvgIpc) is 3.52. The van der Waals surface area contributed by atoms with Crippen molar-refractivity contribution in [3.8, 4) is 6.07 Å². The number of imide groups is 1. The first kappa shape index (κ1) is 18.2. The van der Waals surface area contributed by atoms with Crippen LogP contribution in [0.1, 0.15) is 31.2 Å². The summed E-state index contributed by atoms with van der Waals surface area (Å²) in [6, 6.07) is 3.42. The molecule has 4 amide bonds. The monoisotopic (exact) mass is 382 g/mol. The van der Waals surface area contributed by atoms with Crippen LogP contribution in [0, 0.1) is 17.2 Å². The minimum Gasteiger partial charge on any atom is -0.367 e. The second kappa shape index (κ2) is 7.11. The minimum absolute atomic E-state index is 0.00229. The van der Waals surface area contributed by atoms with Crippen molar-refractivity contribution < 1.29 is 14.4 Å². The van der Waals surface area contributed by atoms with Crippen molar-refractivity contribution in [3.63, 3.8) is 0 Å². The lowest BCUT2D eigenvalue weighted by molar-refractivity contribution is -0.132. The smallest absolute Gasteiger partial charge is 0.322 e. The lowest BCUT2D eigenvalue weighted by Crippen LogP contribution is -2.51. The largest absolute Gasteiger partial charge is 0.367 e. The maximum atomic E-state index is 12.7. The standard InChI is InChI=1S/C19H22N6O3/c20-10-13-9-15(12-21-11-13)24-5-7-25(8-6-24)16(26)3-4-19(14-1-2-14)17(27)22-18(28)23-19/h9,11-12,14H,1-8H2,(H2,22,23,27,28). The van der Waals surface area contributed by atoms with Crippen molar-refractivity contribution >= 4 is 23.5 Å². The Labute approximate surface area is 162 Å². The van der Waals surface area contributed by atoms with Gasteiger partial charge in [-0.2, -0.15) is 5.26 Å². The van der Waals surface area contributed by atoms with Crippen LogP contribution in [0.4, 0.5) is 10.5 Å². The number of carbonyl (C=O) groups excluding carboxylic acids is 3. The molecule has 4 rings (SSSR count). The van der Waals surface area contributed by atoms with E-state index < -0.39 is 11.6 Å². The lowest BCUT2D eigenvalue weighted by atomic mass is 9.87. The molecular formula is C19H22N6O3. The molecule has 0 aromatic carbocycles. The van der Waals surface area contributed by atoms with Gasteiger partial charge in [0.2, 0.25) is 5.91 Å². The highest BCUT2D eigenvalue weighted by Crippen LogP contribution is 2.43.